The highest BCUT2D eigenvalue weighted by molar-refractivity contribution is 4.94. The van der Waals surface area contributed by atoms with Gasteiger partial charge in [-0.05, 0) is 39.2 Å². The third-order valence-corrected chi connectivity index (χ3v) is 3.41. The molecular weight excluding hydrogens is 160 g/mol. The molecule has 1 aliphatic rings. The van der Waals surface area contributed by atoms with Crippen LogP contribution in [0.5, 0.6) is 0 Å². The van der Waals surface area contributed by atoms with Crippen molar-refractivity contribution in [2.75, 3.05) is 13.1 Å². The Morgan fingerprint density at radius 1 is 1.46 bits per heavy atom. The van der Waals surface area contributed by atoms with E-state index in [1.807, 2.05) is 0 Å². The molecule has 2 atom stereocenters. The molecule has 0 aromatic carbocycles. The standard InChI is InChI=1S/C11H24N2/c1-4-10(3)12-9-11(5-2)7-6-8-13-11/h10,12-13H,4-9H2,1-3H3. The molecule has 1 fully saturated rings. The van der Waals surface area contributed by atoms with Gasteiger partial charge in [0.2, 0.25) is 0 Å². The molecule has 0 spiro atoms. The minimum atomic E-state index is 0.406. The second-order valence-electron chi connectivity index (χ2n) is 4.35. The summed E-state index contributed by atoms with van der Waals surface area (Å²) in [4.78, 5) is 0. The molecule has 0 aromatic heterocycles. The van der Waals surface area contributed by atoms with Crippen LogP contribution in [-0.4, -0.2) is 24.7 Å². The van der Waals surface area contributed by atoms with Gasteiger partial charge in [-0.15, -0.1) is 0 Å². The van der Waals surface area contributed by atoms with Gasteiger partial charge in [-0.3, -0.25) is 0 Å². The van der Waals surface area contributed by atoms with Gasteiger partial charge in [-0.1, -0.05) is 13.8 Å². The van der Waals surface area contributed by atoms with Gasteiger partial charge in [-0.25, -0.2) is 0 Å². The Balaban J connectivity index is 2.31. The summed E-state index contributed by atoms with van der Waals surface area (Å²) in [5, 5.41) is 7.24. The Morgan fingerprint density at radius 3 is 2.69 bits per heavy atom. The number of hydrogen-bond donors (Lipinski definition) is 2. The fourth-order valence-electron chi connectivity index (χ4n) is 1.96. The molecule has 1 aliphatic heterocycles. The maximum Gasteiger partial charge on any atom is 0.0304 e. The second-order valence-corrected chi connectivity index (χ2v) is 4.35. The predicted molar refractivity (Wildman–Crippen MR) is 58.0 cm³/mol. The van der Waals surface area contributed by atoms with E-state index in [1.165, 1.54) is 32.2 Å². The first-order valence-electron chi connectivity index (χ1n) is 5.71. The molecule has 0 amide bonds. The van der Waals surface area contributed by atoms with Crippen molar-refractivity contribution in [2.45, 2.75) is 58.0 Å². The molecule has 1 heterocycles. The quantitative estimate of drug-likeness (QED) is 0.682. The molecule has 2 heteroatoms. The number of nitrogens with one attached hydrogen (secondary N) is 2. The smallest absolute Gasteiger partial charge is 0.0304 e. The van der Waals surface area contributed by atoms with Crippen molar-refractivity contribution >= 4 is 0 Å². The first kappa shape index (κ1) is 11.0. The van der Waals surface area contributed by atoms with Crippen LogP contribution in [0.1, 0.15) is 46.5 Å². The first-order valence-corrected chi connectivity index (χ1v) is 5.71. The van der Waals surface area contributed by atoms with E-state index in [1.54, 1.807) is 0 Å². The summed E-state index contributed by atoms with van der Waals surface area (Å²) in [6.07, 6.45) is 5.15. The summed E-state index contributed by atoms with van der Waals surface area (Å²) in [7, 11) is 0. The maximum atomic E-state index is 3.64. The fraction of sp³-hybridized carbons (Fsp3) is 1.00. The number of hydrogen-bond acceptors (Lipinski definition) is 2. The Bertz CT molecular complexity index is 139. The molecule has 0 saturated carbocycles. The highest BCUT2D eigenvalue weighted by atomic mass is 15.1. The highest BCUT2D eigenvalue weighted by Crippen LogP contribution is 2.22. The van der Waals surface area contributed by atoms with Gasteiger partial charge >= 0.3 is 0 Å². The molecule has 0 bridgehead atoms. The highest BCUT2D eigenvalue weighted by Gasteiger charge is 2.30. The van der Waals surface area contributed by atoms with Crippen molar-refractivity contribution in [1.29, 1.82) is 0 Å². The van der Waals surface area contributed by atoms with E-state index >= 15 is 0 Å². The van der Waals surface area contributed by atoms with E-state index in [2.05, 4.69) is 31.4 Å². The zero-order valence-electron chi connectivity index (χ0n) is 9.32. The molecule has 2 unspecified atom stereocenters. The minimum absolute atomic E-state index is 0.406. The van der Waals surface area contributed by atoms with Crippen LogP contribution < -0.4 is 10.6 Å². The van der Waals surface area contributed by atoms with Crippen LogP contribution in [0.2, 0.25) is 0 Å². The van der Waals surface area contributed by atoms with Gasteiger partial charge in [-0.2, -0.15) is 0 Å². The van der Waals surface area contributed by atoms with Crippen molar-refractivity contribution in [3.05, 3.63) is 0 Å². The van der Waals surface area contributed by atoms with Gasteiger partial charge < -0.3 is 10.6 Å². The Kier molecular flexibility index (Phi) is 4.20. The summed E-state index contributed by atoms with van der Waals surface area (Å²) in [5.74, 6) is 0. The summed E-state index contributed by atoms with van der Waals surface area (Å²) in [6.45, 7) is 9.13. The van der Waals surface area contributed by atoms with Crippen LogP contribution in [0.3, 0.4) is 0 Å². The lowest BCUT2D eigenvalue weighted by Gasteiger charge is -2.30. The Labute approximate surface area is 82.5 Å². The maximum absolute atomic E-state index is 3.64. The number of rotatable bonds is 5. The van der Waals surface area contributed by atoms with E-state index in [9.17, 15) is 0 Å². The predicted octanol–water partition coefficient (Wildman–Crippen LogP) is 1.91. The van der Waals surface area contributed by atoms with Gasteiger partial charge in [0.15, 0.2) is 0 Å². The fourth-order valence-corrected chi connectivity index (χ4v) is 1.96. The molecule has 1 saturated heterocycles. The van der Waals surface area contributed by atoms with Gasteiger partial charge in [0, 0.05) is 18.1 Å². The summed E-state index contributed by atoms with van der Waals surface area (Å²) in [5.41, 5.74) is 0.406. The van der Waals surface area contributed by atoms with E-state index in [4.69, 9.17) is 0 Å². The summed E-state index contributed by atoms with van der Waals surface area (Å²) in [6, 6.07) is 0.658. The normalized spacial score (nSPS) is 30.7. The van der Waals surface area contributed by atoms with E-state index < -0.39 is 0 Å². The molecule has 1 rings (SSSR count). The van der Waals surface area contributed by atoms with Crippen LogP contribution in [0.4, 0.5) is 0 Å². The first-order chi connectivity index (χ1) is 6.22. The van der Waals surface area contributed by atoms with Crippen molar-refractivity contribution in [1.82, 2.24) is 10.6 Å². The second kappa shape index (κ2) is 4.97. The monoisotopic (exact) mass is 184 g/mol. The molecule has 2 nitrogen and oxygen atoms in total. The Morgan fingerprint density at radius 2 is 2.23 bits per heavy atom. The van der Waals surface area contributed by atoms with Crippen LogP contribution in [0, 0.1) is 0 Å². The topological polar surface area (TPSA) is 24.1 Å². The van der Waals surface area contributed by atoms with Crippen molar-refractivity contribution < 1.29 is 0 Å². The average molecular weight is 184 g/mol. The van der Waals surface area contributed by atoms with Crippen LogP contribution >= 0.6 is 0 Å². The van der Waals surface area contributed by atoms with E-state index in [-0.39, 0.29) is 0 Å². The largest absolute Gasteiger partial charge is 0.312 e. The summed E-state index contributed by atoms with van der Waals surface area (Å²) >= 11 is 0. The molecule has 78 valence electrons. The SMILES string of the molecule is CCC(C)NCC1(CC)CCCN1. The average Bonchev–Trinajstić information content (AvgIpc) is 2.63. The van der Waals surface area contributed by atoms with Gasteiger partial charge in [0.25, 0.3) is 0 Å². The molecule has 0 aromatic rings. The van der Waals surface area contributed by atoms with Gasteiger partial charge in [0.1, 0.15) is 0 Å². The zero-order valence-corrected chi connectivity index (χ0v) is 9.32. The van der Waals surface area contributed by atoms with Gasteiger partial charge in [0.05, 0.1) is 0 Å². The van der Waals surface area contributed by atoms with Crippen molar-refractivity contribution in [2.24, 2.45) is 0 Å². The molecule has 0 radical (unpaired) electrons. The lowest BCUT2D eigenvalue weighted by Crippen LogP contribution is -2.49. The third kappa shape index (κ3) is 2.96. The molecule has 13 heavy (non-hydrogen) atoms. The van der Waals surface area contributed by atoms with Crippen molar-refractivity contribution in [3.8, 4) is 0 Å². The summed E-state index contributed by atoms with van der Waals surface area (Å²) < 4.78 is 0. The van der Waals surface area contributed by atoms with Crippen molar-refractivity contribution in [3.63, 3.8) is 0 Å². The molecule has 2 N–H and O–H groups in total. The lowest BCUT2D eigenvalue weighted by atomic mass is 9.94. The van der Waals surface area contributed by atoms with Crippen LogP contribution in [0.15, 0.2) is 0 Å². The third-order valence-electron chi connectivity index (χ3n) is 3.41. The van der Waals surface area contributed by atoms with Crippen LogP contribution in [0.25, 0.3) is 0 Å². The van der Waals surface area contributed by atoms with Crippen LogP contribution in [-0.2, 0) is 0 Å². The molecule has 0 aliphatic carbocycles. The minimum Gasteiger partial charge on any atom is -0.312 e. The molecular formula is C11H24N2. The lowest BCUT2D eigenvalue weighted by molar-refractivity contribution is 0.323. The van der Waals surface area contributed by atoms with E-state index in [0.717, 1.165) is 6.54 Å². The van der Waals surface area contributed by atoms with E-state index in [0.29, 0.717) is 11.6 Å². The zero-order chi connectivity index (χ0) is 9.73. The Hall–Kier alpha value is -0.0800.